The van der Waals surface area contributed by atoms with E-state index < -0.39 is 17.6 Å². The predicted octanol–water partition coefficient (Wildman–Crippen LogP) is 4.27. The highest BCUT2D eigenvalue weighted by atomic mass is 19.4. The average molecular weight is 426 g/mol. The van der Waals surface area contributed by atoms with Crippen molar-refractivity contribution in [1.29, 1.82) is 0 Å². The monoisotopic (exact) mass is 426 g/mol. The van der Waals surface area contributed by atoms with Crippen LogP contribution >= 0.6 is 0 Å². The van der Waals surface area contributed by atoms with Gasteiger partial charge < -0.3 is 5.32 Å². The van der Waals surface area contributed by atoms with Gasteiger partial charge in [0, 0.05) is 5.56 Å². The first kappa shape index (κ1) is 19.5. The topological polar surface area (TPSA) is 66.5 Å². The molecule has 1 heterocycles. The number of para-hydroxylation sites is 1. The van der Waals surface area contributed by atoms with E-state index in [0.717, 1.165) is 17.4 Å². The number of amides is 3. The summed E-state index contributed by atoms with van der Waals surface area (Å²) in [5.41, 5.74) is -1.02. The van der Waals surface area contributed by atoms with Gasteiger partial charge in [-0.25, -0.2) is 4.90 Å². The maximum absolute atomic E-state index is 13.2. The summed E-state index contributed by atoms with van der Waals surface area (Å²) >= 11 is 0. The largest absolute Gasteiger partial charge is 0.418 e. The van der Waals surface area contributed by atoms with Crippen LogP contribution in [0.4, 0.5) is 24.5 Å². The van der Waals surface area contributed by atoms with E-state index in [4.69, 9.17) is 0 Å². The number of hydrogen-bond donors (Lipinski definition) is 1. The molecule has 0 spiro atoms. The zero-order valence-corrected chi connectivity index (χ0v) is 16.1. The Labute approximate surface area is 175 Å². The third-order valence-corrected chi connectivity index (χ3v) is 6.32. The zero-order valence-electron chi connectivity index (χ0n) is 16.1. The van der Waals surface area contributed by atoms with Crippen molar-refractivity contribution in [2.45, 2.75) is 12.6 Å². The molecule has 1 saturated carbocycles. The first-order valence-electron chi connectivity index (χ1n) is 9.89. The summed E-state index contributed by atoms with van der Waals surface area (Å²) in [5.74, 6) is -1.97. The lowest BCUT2D eigenvalue weighted by Crippen LogP contribution is -2.33. The number of nitrogens with zero attached hydrogens (tertiary/aromatic N) is 1. The number of fused-ring (bicyclic) bond motifs is 5. The van der Waals surface area contributed by atoms with Crippen LogP contribution in [0.25, 0.3) is 0 Å². The maximum Gasteiger partial charge on any atom is 0.418 e. The van der Waals surface area contributed by atoms with Gasteiger partial charge in [-0.3, -0.25) is 14.4 Å². The van der Waals surface area contributed by atoms with E-state index in [1.807, 2.05) is 12.2 Å². The fraction of sp³-hybridized carbons (Fsp3) is 0.261. The van der Waals surface area contributed by atoms with Crippen molar-refractivity contribution in [3.8, 4) is 0 Å². The number of benzene rings is 2. The fourth-order valence-corrected chi connectivity index (χ4v) is 4.98. The Hall–Kier alpha value is -3.42. The van der Waals surface area contributed by atoms with Crippen LogP contribution in [0.2, 0.25) is 0 Å². The maximum atomic E-state index is 13.2. The number of carbonyl (C=O) groups is 3. The van der Waals surface area contributed by atoms with Gasteiger partial charge in [0.15, 0.2) is 0 Å². The van der Waals surface area contributed by atoms with Crippen molar-refractivity contribution in [1.82, 2.24) is 0 Å². The van der Waals surface area contributed by atoms with Gasteiger partial charge in [-0.1, -0.05) is 30.4 Å². The summed E-state index contributed by atoms with van der Waals surface area (Å²) in [6, 6.07) is 10.5. The quantitative estimate of drug-likeness (QED) is 0.589. The number of rotatable bonds is 3. The molecule has 2 bridgehead atoms. The smallest absolute Gasteiger partial charge is 0.321 e. The van der Waals surface area contributed by atoms with E-state index in [2.05, 4.69) is 5.32 Å². The normalized spacial score (nSPS) is 26.5. The molecule has 4 atom stereocenters. The van der Waals surface area contributed by atoms with Gasteiger partial charge in [-0.15, -0.1) is 0 Å². The third kappa shape index (κ3) is 3.05. The lowest BCUT2D eigenvalue weighted by molar-refractivity contribution is -0.137. The first-order valence-corrected chi connectivity index (χ1v) is 9.89. The number of imide groups is 1. The van der Waals surface area contributed by atoms with Gasteiger partial charge >= 0.3 is 6.18 Å². The first-order chi connectivity index (χ1) is 14.8. The number of anilines is 2. The lowest BCUT2D eigenvalue weighted by Gasteiger charge is -2.18. The lowest BCUT2D eigenvalue weighted by atomic mass is 9.85. The molecule has 8 heteroatoms. The van der Waals surface area contributed by atoms with Gasteiger partial charge in [-0.2, -0.15) is 13.2 Å². The molecular weight excluding hydrogens is 409 g/mol. The summed E-state index contributed by atoms with van der Waals surface area (Å²) in [4.78, 5) is 39.7. The Balaban J connectivity index is 1.41. The van der Waals surface area contributed by atoms with Crippen molar-refractivity contribution in [2.75, 3.05) is 10.2 Å². The standard InChI is InChI=1S/C23H17F3N2O3/c24-23(25,26)16-6-1-2-7-17(16)27-20(29)14-4-3-5-15(11-14)28-21(30)18-12-8-9-13(10-12)19(18)22(28)31/h1-9,11-13,18-19H,10H2,(H,27,29)/t12-,13-,18-,19+/m0/s1. The van der Waals surface area contributed by atoms with Crippen molar-refractivity contribution in [2.24, 2.45) is 23.7 Å². The Morgan fingerprint density at radius 1 is 0.935 bits per heavy atom. The van der Waals surface area contributed by atoms with Crippen molar-refractivity contribution >= 4 is 29.1 Å². The molecular formula is C23H17F3N2O3. The SMILES string of the molecule is O=C(Nc1ccccc1C(F)(F)F)c1cccc(N2C(=O)[C@@H]3[C@H](C2=O)[C@H]2C=C[C@H]3C2)c1. The van der Waals surface area contributed by atoms with E-state index in [-0.39, 0.29) is 52.4 Å². The molecule has 1 N–H and O–H groups in total. The van der Waals surface area contributed by atoms with Crippen LogP contribution in [0.3, 0.4) is 0 Å². The van der Waals surface area contributed by atoms with Crippen LogP contribution in [-0.2, 0) is 15.8 Å². The number of allylic oxidation sites excluding steroid dienone is 2. The summed E-state index contributed by atoms with van der Waals surface area (Å²) in [6.45, 7) is 0. The van der Waals surface area contributed by atoms with Crippen molar-refractivity contribution in [3.05, 3.63) is 71.8 Å². The van der Waals surface area contributed by atoms with Crippen molar-refractivity contribution in [3.63, 3.8) is 0 Å². The van der Waals surface area contributed by atoms with Gasteiger partial charge in [0.05, 0.1) is 28.8 Å². The second kappa shape index (κ2) is 6.80. The molecule has 0 aromatic heterocycles. The molecule has 1 saturated heterocycles. The number of carbonyl (C=O) groups excluding carboxylic acids is 3. The fourth-order valence-electron chi connectivity index (χ4n) is 4.98. The van der Waals surface area contributed by atoms with E-state index in [0.29, 0.717) is 0 Å². The minimum atomic E-state index is -4.62. The zero-order chi connectivity index (χ0) is 21.9. The third-order valence-electron chi connectivity index (χ3n) is 6.32. The van der Waals surface area contributed by atoms with E-state index in [9.17, 15) is 27.6 Å². The summed E-state index contributed by atoms with van der Waals surface area (Å²) in [5, 5.41) is 2.28. The molecule has 2 fully saturated rings. The molecule has 158 valence electrons. The van der Waals surface area contributed by atoms with Crippen molar-refractivity contribution < 1.29 is 27.6 Å². The Morgan fingerprint density at radius 3 is 2.23 bits per heavy atom. The molecule has 31 heavy (non-hydrogen) atoms. The molecule has 2 aromatic carbocycles. The molecule has 0 radical (unpaired) electrons. The van der Waals surface area contributed by atoms with Gasteiger partial charge in [-0.05, 0) is 48.6 Å². The van der Waals surface area contributed by atoms with Crippen LogP contribution < -0.4 is 10.2 Å². The molecule has 5 rings (SSSR count). The van der Waals surface area contributed by atoms with Crippen LogP contribution in [0, 0.1) is 23.7 Å². The van der Waals surface area contributed by atoms with E-state index in [1.165, 1.54) is 36.4 Å². The number of nitrogens with one attached hydrogen (secondary N) is 1. The van der Waals surface area contributed by atoms with E-state index in [1.54, 1.807) is 6.07 Å². The highest BCUT2D eigenvalue weighted by Gasteiger charge is 2.59. The van der Waals surface area contributed by atoms with E-state index >= 15 is 0 Å². The Kier molecular flexibility index (Phi) is 4.28. The van der Waals surface area contributed by atoms with Gasteiger partial charge in [0.25, 0.3) is 5.91 Å². The van der Waals surface area contributed by atoms with Crippen LogP contribution in [-0.4, -0.2) is 17.7 Å². The average Bonchev–Trinajstić information content (AvgIpc) is 3.41. The molecule has 5 nitrogen and oxygen atoms in total. The highest BCUT2D eigenvalue weighted by Crippen LogP contribution is 2.53. The predicted molar refractivity (Wildman–Crippen MR) is 106 cm³/mol. The molecule has 3 amide bonds. The van der Waals surface area contributed by atoms with Crippen LogP contribution in [0.15, 0.2) is 60.7 Å². The number of alkyl halides is 3. The summed E-state index contributed by atoms with van der Waals surface area (Å²) in [7, 11) is 0. The Bertz CT molecular complexity index is 1110. The van der Waals surface area contributed by atoms with Gasteiger partial charge in [0.1, 0.15) is 0 Å². The molecule has 3 aliphatic rings. The molecule has 2 aromatic rings. The van der Waals surface area contributed by atoms with Gasteiger partial charge in [0.2, 0.25) is 11.8 Å². The highest BCUT2D eigenvalue weighted by molar-refractivity contribution is 6.23. The summed E-state index contributed by atoms with van der Waals surface area (Å²) in [6.07, 6.45) is 0.165. The van der Waals surface area contributed by atoms with Crippen LogP contribution in [0.1, 0.15) is 22.3 Å². The minimum absolute atomic E-state index is 0.0493. The molecule has 0 unspecified atom stereocenters. The number of hydrogen-bond acceptors (Lipinski definition) is 3. The Morgan fingerprint density at radius 2 is 1.58 bits per heavy atom. The molecule has 2 aliphatic carbocycles. The second-order valence-electron chi connectivity index (χ2n) is 8.06. The second-order valence-corrected chi connectivity index (χ2v) is 8.06. The molecule has 1 aliphatic heterocycles. The summed E-state index contributed by atoms with van der Waals surface area (Å²) < 4.78 is 39.6. The number of halogens is 3. The van der Waals surface area contributed by atoms with Crippen LogP contribution in [0.5, 0.6) is 0 Å². The minimum Gasteiger partial charge on any atom is -0.321 e.